The monoisotopic (exact) mass is 532 g/mol. The van der Waals surface area contributed by atoms with Crippen LogP contribution in [-0.2, 0) is 47.7 Å². The van der Waals surface area contributed by atoms with Crippen LogP contribution in [0.15, 0.2) is 12.2 Å². The molecule has 2 aliphatic heterocycles. The van der Waals surface area contributed by atoms with E-state index in [-0.39, 0.29) is 24.2 Å². The Bertz CT molecular complexity index is 1090. The minimum absolute atomic E-state index is 0.122. The van der Waals surface area contributed by atoms with Gasteiger partial charge in [0.15, 0.2) is 5.78 Å². The molecule has 10 nitrogen and oxygen atoms in total. The SMILES string of the molecule is C=C1C(=O)[C@]23C(OC(C)=O)[C@H]1CC[C@H]2[C@@]12C(OC(C)=O)O[C@@H]3C[C@@H]1[C@](C)(COC(C)=O)CC[C@@H]2OC(C)=O. The summed E-state index contributed by atoms with van der Waals surface area (Å²) in [5.74, 6) is -3.30. The minimum Gasteiger partial charge on any atom is -0.465 e. The maximum atomic E-state index is 14.2. The van der Waals surface area contributed by atoms with Gasteiger partial charge in [0, 0.05) is 39.0 Å². The Morgan fingerprint density at radius 2 is 1.58 bits per heavy atom. The predicted octanol–water partition coefficient (Wildman–Crippen LogP) is 2.66. The highest BCUT2D eigenvalue weighted by molar-refractivity contribution is 6.05. The van der Waals surface area contributed by atoms with Gasteiger partial charge in [-0.2, -0.15) is 0 Å². The summed E-state index contributed by atoms with van der Waals surface area (Å²) in [6.07, 6.45) is -0.943. The van der Waals surface area contributed by atoms with E-state index in [0.717, 1.165) is 0 Å². The highest BCUT2D eigenvalue weighted by atomic mass is 16.7. The zero-order valence-corrected chi connectivity index (χ0v) is 22.6. The third-order valence-electron chi connectivity index (χ3n) is 10.1. The first-order chi connectivity index (χ1) is 17.8. The Balaban J connectivity index is 1.74. The average molecular weight is 533 g/mol. The van der Waals surface area contributed by atoms with E-state index in [1.165, 1.54) is 27.7 Å². The lowest BCUT2D eigenvalue weighted by molar-refractivity contribution is -0.402. The van der Waals surface area contributed by atoms with Crippen molar-refractivity contribution < 1.29 is 47.7 Å². The number of carbonyl (C=O) groups excluding carboxylic acids is 5. The lowest BCUT2D eigenvalue weighted by Gasteiger charge is -2.72. The lowest BCUT2D eigenvalue weighted by atomic mass is 9.36. The van der Waals surface area contributed by atoms with Crippen LogP contribution < -0.4 is 0 Å². The van der Waals surface area contributed by atoms with Gasteiger partial charge in [-0.05, 0) is 49.5 Å². The number of fused-ring (bicyclic) bond motifs is 2. The smallest absolute Gasteiger partial charge is 0.304 e. The van der Waals surface area contributed by atoms with Gasteiger partial charge >= 0.3 is 23.9 Å². The van der Waals surface area contributed by atoms with Crippen LogP contribution in [0.1, 0.15) is 66.7 Å². The van der Waals surface area contributed by atoms with Crippen molar-refractivity contribution in [3.63, 3.8) is 0 Å². The van der Waals surface area contributed by atoms with E-state index in [9.17, 15) is 24.0 Å². The molecule has 0 N–H and O–H groups in total. The summed E-state index contributed by atoms with van der Waals surface area (Å²) in [6.45, 7) is 11.5. The number of hydrogen-bond acceptors (Lipinski definition) is 10. The van der Waals surface area contributed by atoms with Gasteiger partial charge in [-0.3, -0.25) is 24.0 Å². The number of hydrogen-bond donors (Lipinski definition) is 0. The third kappa shape index (κ3) is 3.44. The summed E-state index contributed by atoms with van der Waals surface area (Å²) in [5, 5.41) is 0. The molecule has 4 aliphatic carbocycles. The van der Waals surface area contributed by atoms with Crippen molar-refractivity contribution in [2.45, 2.75) is 91.3 Å². The molecule has 0 aromatic heterocycles. The maximum absolute atomic E-state index is 14.2. The van der Waals surface area contributed by atoms with Gasteiger partial charge in [-0.1, -0.05) is 13.5 Å². The van der Waals surface area contributed by atoms with Crippen LogP contribution in [0.2, 0.25) is 0 Å². The topological polar surface area (TPSA) is 132 Å². The van der Waals surface area contributed by atoms with Gasteiger partial charge in [0.05, 0.1) is 18.1 Å². The molecule has 0 aromatic rings. The Labute approximate surface area is 221 Å². The zero-order valence-electron chi connectivity index (χ0n) is 22.6. The molecule has 10 atom stereocenters. The molecular formula is C28H36O10. The summed E-state index contributed by atoms with van der Waals surface area (Å²) in [5.41, 5.74) is -2.54. The Hall–Kier alpha value is -2.75. The molecule has 2 spiro atoms. The van der Waals surface area contributed by atoms with E-state index < -0.39 is 70.6 Å². The number of ketones is 1. The fourth-order valence-electron chi connectivity index (χ4n) is 9.01. The highest BCUT2D eigenvalue weighted by Crippen LogP contribution is 2.76. The Morgan fingerprint density at radius 3 is 2.18 bits per heavy atom. The molecule has 6 aliphatic rings. The normalized spacial score (nSPS) is 44.5. The number of Topliss-reactive ketones (excluding diaryl/α,β-unsaturated/α-hetero) is 1. The molecular weight excluding hydrogens is 496 g/mol. The van der Waals surface area contributed by atoms with Gasteiger partial charge in [0.25, 0.3) is 0 Å². The summed E-state index contributed by atoms with van der Waals surface area (Å²) in [4.78, 5) is 63.1. The van der Waals surface area contributed by atoms with Crippen molar-refractivity contribution in [1.82, 2.24) is 0 Å². The minimum atomic E-state index is -1.24. The Kier molecular flexibility index (Phi) is 6.28. The van der Waals surface area contributed by atoms with Gasteiger partial charge in [0.2, 0.25) is 6.29 Å². The van der Waals surface area contributed by atoms with Crippen molar-refractivity contribution in [1.29, 1.82) is 0 Å². The molecule has 4 saturated carbocycles. The van der Waals surface area contributed by atoms with Gasteiger partial charge < -0.3 is 23.7 Å². The molecule has 0 amide bonds. The number of rotatable bonds is 5. The maximum Gasteiger partial charge on any atom is 0.304 e. The van der Waals surface area contributed by atoms with Crippen LogP contribution in [0.4, 0.5) is 0 Å². The van der Waals surface area contributed by atoms with E-state index >= 15 is 0 Å². The van der Waals surface area contributed by atoms with Crippen molar-refractivity contribution in [2.24, 2.45) is 34.0 Å². The second-order valence-corrected chi connectivity index (χ2v) is 12.0. The predicted molar refractivity (Wildman–Crippen MR) is 129 cm³/mol. The van der Waals surface area contributed by atoms with Gasteiger partial charge in [0.1, 0.15) is 17.6 Å². The van der Waals surface area contributed by atoms with Gasteiger partial charge in [-0.25, -0.2) is 0 Å². The fraction of sp³-hybridized carbons (Fsp3) is 0.750. The second-order valence-electron chi connectivity index (χ2n) is 12.0. The van der Waals surface area contributed by atoms with E-state index in [1.54, 1.807) is 0 Å². The molecule has 2 heterocycles. The summed E-state index contributed by atoms with van der Waals surface area (Å²) >= 11 is 0. The first-order valence-corrected chi connectivity index (χ1v) is 13.3. The molecule has 6 fully saturated rings. The summed E-state index contributed by atoms with van der Waals surface area (Å²) < 4.78 is 29.8. The largest absolute Gasteiger partial charge is 0.465 e. The Morgan fingerprint density at radius 1 is 0.921 bits per heavy atom. The van der Waals surface area contributed by atoms with E-state index in [0.29, 0.717) is 37.7 Å². The second kappa shape index (κ2) is 8.89. The van der Waals surface area contributed by atoms with Crippen LogP contribution in [0, 0.1) is 34.0 Å². The van der Waals surface area contributed by atoms with Gasteiger partial charge in [-0.15, -0.1) is 0 Å². The lowest BCUT2D eigenvalue weighted by Crippen LogP contribution is -2.80. The molecule has 0 aromatic carbocycles. The van der Waals surface area contributed by atoms with E-state index in [2.05, 4.69) is 6.58 Å². The summed E-state index contributed by atoms with van der Waals surface area (Å²) in [7, 11) is 0. The highest BCUT2D eigenvalue weighted by Gasteiger charge is 2.84. The first-order valence-electron chi connectivity index (χ1n) is 13.3. The van der Waals surface area contributed by atoms with Crippen molar-refractivity contribution in [3.8, 4) is 0 Å². The molecule has 10 heteroatoms. The van der Waals surface area contributed by atoms with Crippen molar-refractivity contribution >= 4 is 29.7 Å². The van der Waals surface area contributed by atoms with Crippen LogP contribution in [0.3, 0.4) is 0 Å². The average Bonchev–Trinajstić information content (AvgIpc) is 2.93. The summed E-state index contributed by atoms with van der Waals surface area (Å²) in [6, 6.07) is 0. The van der Waals surface area contributed by atoms with Crippen LogP contribution in [-0.4, -0.2) is 60.9 Å². The number of ether oxygens (including phenoxy) is 5. The van der Waals surface area contributed by atoms with Crippen LogP contribution >= 0.6 is 0 Å². The zero-order chi connectivity index (χ0) is 27.8. The molecule has 6 rings (SSSR count). The number of esters is 4. The molecule has 4 bridgehead atoms. The van der Waals surface area contributed by atoms with Crippen molar-refractivity contribution in [2.75, 3.05) is 6.61 Å². The fourth-order valence-corrected chi connectivity index (χ4v) is 9.01. The van der Waals surface area contributed by atoms with Crippen LogP contribution in [0.5, 0.6) is 0 Å². The van der Waals surface area contributed by atoms with Crippen LogP contribution in [0.25, 0.3) is 0 Å². The molecule has 2 unspecified atom stereocenters. The first kappa shape index (κ1) is 26.8. The van der Waals surface area contributed by atoms with E-state index in [1.807, 2.05) is 6.92 Å². The standard InChI is InChI=1S/C28H36O10/c1-13-18-7-8-19-27-20(26(6,12-34-14(2)29)10-9-21(27)35-15(3)30)11-22(38-25(27)37-17(5)32)28(19,23(13)33)24(18)36-16(4)31/h18-22,24-25H,1,7-12H2,2-6H3/t18-,19-,20+,21-,22+,24?,25?,26-,27+,28-/m0/s1. The molecule has 2 saturated heterocycles. The molecule has 208 valence electrons. The van der Waals surface area contributed by atoms with E-state index in [4.69, 9.17) is 23.7 Å². The molecule has 0 radical (unpaired) electrons. The number of carbonyl (C=O) groups is 5. The quantitative estimate of drug-likeness (QED) is 0.296. The molecule has 38 heavy (non-hydrogen) atoms. The van der Waals surface area contributed by atoms with Crippen molar-refractivity contribution in [3.05, 3.63) is 12.2 Å². The third-order valence-corrected chi connectivity index (χ3v) is 10.1.